The number of hydrogen-bond donors (Lipinski definition) is 1. The van der Waals surface area contributed by atoms with Gasteiger partial charge in [0, 0.05) is 18.8 Å². The zero-order chi connectivity index (χ0) is 18.8. The van der Waals surface area contributed by atoms with Crippen LogP contribution in [0.15, 0.2) is 23.4 Å². The van der Waals surface area contributed by atoms with E-state index in [2.05, 4.69) is 19.6 Å². The molecule has 0 atom stereocenters. The van der Waals surface area contributed by atoms with Crippen molar-refractivity contribution < 1.29 is 8.42 Å². The predicted octanol–water partition coefficient (Wildman–Crippen LogP) is 3.13. The van der Waals surface area contributed by atoms with Crippen molar-refractivity contribution in [2.75, 3.05) is 4.72 Å². The van der Waals surface area contributed by atoms with Crippen LogP contribution < -0.4 is 4.72 Å². The van der Waals surface area contributed by atoms with E-state index >= 15 is 0 Å². The fourth-order valence-electron chi connectivity index (χ4n) is 6.19. The molecule has 6 rings (SSSR count). The lowest BCUT2D eigenvalue weighted by atomic mass is 9.53. The molecule has 4 fully saturated rings. The van der Waals surface area contributed by atoms with Crippen molar-refractivity contribution in [2.24, 2.45) is 17.8 Å². The minimum atomic E-state index is -3.69. The van der Waals surface area contributed by atoms with E-state index in [1.165, 1.54) is 44.7 Å². The summed E-state index contributed by atoms with van der Waals surface area (Å²) in [5.41, 5.74) is 0.743. The Morgan fingerprint density at radius 3 is 2.37 bits per heavy atom. The number of aromatic nitrogens is 4. The Balaban J connectivity index is 1.40. The third-order valence-electron chi connectivity index (χ3n) is 6.97. The largest absolute Gasteiger partial charge is 0.269 e. The fourth-order valence-corrected chi connectivity index (χ4v) is 7.37. The second-order valence-corrected chi connectivity index (χ2v) is 10.5. The van der Waals surface area contributed by atoms with Gasteiger partial charge in [-0.2, -0.15) is 10.2 Å². The highest BCUT2D eigenvalue weighted by Gasteiger charge is 2.52. The van der Waals surface area contributed by atoms with Crippen molar-refractivity contribution in [3.63, 3.8) is 0 Å². The predicted molar refractivity (Wildman–Crippen MR) is 102 cm³/mol. The number of hydrogen-bond acceptors (Lipinski definition) is 4. The van der Waals surface area contributed by atoms with E-state index in [1.54, 1.807) is 17.7 Å². The average molecular weight is 390 g/mol. The van der Waals surface area contributed by atoms with Gasteiger partial charge in [0.1, 0.15) is 4.90 Å². The van der Waals surface area contributed by atoms with Crippen LogP contribution in [-0.4, -0.2) is 28.0 Å². The maximum atomic E-state index is 12.8. The molecule has 146 valence electrons. The first-order valence-corrected chi connectivity index (χ1v) is 11.5. The molecule has 0 saturated heterocycles. The minimum absolute atomic E-state index is 0.0987. The summed E-state index contributed by atoms with van der Waals surface area (Å²) in [7, 11) is -3.69. The first kappa shape index (κ1) is 17.3. The molecule has 2 aromatic heterocycles. The second-order valence-electron chi connectivity index (χ2n) is 8.80. The number of nitrogens with one attached hydrogen (secondary N) is 1. The van der Waals surface area contributed by atoms with E-state index in [4.69, 9.17) is 0 Å². The van der Waals surface area contributed by atoms with Gasteiger partial charge in [0.25, 0.3) is 10.0 Å². The SMILES string of the molecule is CCn1ncc(S(=O)(=O)Nc2ccn(C34CC5CC(CC(C5)C3)C4)n2)c1C. The van der Waals surface area contributed by atoms with E-state index in [0.717, 1.165) is 17.8 Å². The Labute approximate surface area is 160 Å². The van der Waals surface area contributed by atoms with Gasteiger partial charge < -0.3 is 0 Å². The molecule has 0 radical (unpaired) electrons. The molecule has 0 aromatic carbocycles. The van der Waals surface area contributed by atoms with Gasteiger partial charge >= 0.3 is 0 Å². The Bertz CT molecular complexity index is 939. The fraction of sp³-hybridized carbons (Fsp3) is 0.684. The zero-order valence-corrected chi connectivity index (χ0v) is 16.7. The monoisotopic (exact) mass is 389 g/mol. The van der Waals surface area contributed by atoms with E-state index in [1.807, 2.05) is 13.1 Å². The van der Waals surface area contributed by atoms with E-state index in [-0.39, 0.29) is 10.4 Å². The third kappa shape index (κ3) is 2.71. The van der Waals surface area contributed by atoms with Gasteiger partial charge in [0.05, 0.1) is 17.4 Å². The van der Waals surface area contributed by atoms with Gasteiger partial charge in [-0.3, -0.25) is 14.1 Å². The van der Waals surface area contributed by atoms with Crippen molar-refractivity contribution in [1.29, 1.82) is 0 Å². The van der Waals surface area contributed by atoms with Crippen LogP contribution in [0.2, 0.25) is 0 Å². The summed E-state index contributed by atoms with van der Waals surface area (Å²) in [6, 6.07) is 1.79. The molecule has 2 aromatic rings. The first-order valence-electron chi connectivity index (χ1n) is 10.00. The van der Waals surface area contributed by atoms with Crippen molar-refractivity contribution in [1.82, 2.24) is 19.6 Å². The van der Waals surface area contributed by atoms with Gasteiger partial charge in [-0.05, 0) is 70.1 Å². The molecule has 4 aliphatic carbocycles. The number of nitrogens with zero attached hydrogens (tertiary/aromatic N) is 4. The topological polar surface area (TPSA) is 81.8 Å². The lowest BCUT2D eigenvalue weighted by molar-refractivity contribution is -0.0492. The Morgan fingerprint density at radius 2 is 1.81 bits per heavy atom. The van der Waals surface area contributed by atoms with Crippen molar-refractivity contribution in [3.05, 3.63) is 24.2 Å². The lowest BCUT2D eigenvalue weighted by Gasteiger charge is -2.56. The van der Waals surface area contributed by atoms with Gasteiger partial charge in [-0.25, -0.2) is 8.42 Å². The summed E-state index contributed by atoms with van der Waals surface area (Å²) in [6.07, 6.45) is 11.1. The lowest BCUT2D eigenvalue weighted by Crippen LogP contribution is -2.52. The molecule has 0 spiro atoms. The quantitative estimate of drug-likeness (QED) is 0.852. The van der Waals surface area contributed by atoms with Crippen LogP contribution in [0.25, 0.3) is 0 Å². The molecular formula is C19H27N5O2S. The average Bonchev–Trinajstić information content (AvgIpc) is 3.20. The van der Waals surface area contributed by atoms with Gasteiger partial charge in [0.2, 0.25) is 0 Å². The van der Waals surface area contributed by atoms with E-state index in [0.29, 0.717) is 18.1 Å². The molecule has 4 aliphatic rings. The minimum Gasteiger partial charge on any atom is -0.269 e. The maximum absolute atomic E-state index is 12.8. The number of anilines is 1. The molecule has 27 heavy (non-hydrogen) atoms. The van der Waals surface area contributed by atoms with Crippen LogP contribution >= 0.6 is 0 Å². The van der Waals surface area contributed by atoms with Gasteiger partial charge in [-0.15, -0.1) is 0 Å². The normalized spacial score (nSPS) is 32.1. The summed E-state index contributed by atoms with van der Waals surface area (Å²) < 4.78 is 32.0. The van der Waals surface area contributed by atoms with Crippen LogP contribution in [0.1, 0.15) is 51.1 Å². The molecular weight excluding hydrogens is 362 g/mol. The van der Waals surface area contributed by atoms with Crippen LogP contribution in [0.3, 0.4) is 0 Å². The standard InChI is InChI=1S/C19H27N5O2S/c1-3-23-13(2)17(12-20-23)27(25,26)22-18-4-5-24(21-18)19-9-14-6-15(10-19)8-16(7-14)11-19/h4-5,12,14-16H,3,6-11H2,1-2H3,(H,21,22). The van der Waals surface area contributed by atoms with Crippen molar-refractivity contribution >= 4 is 15.8 Å². The Hall–Kier alpha value is -1.83. The number of rotatable bonds is 5. The molecule has 0 unspecified atom stereocenters. The molecule has 8 heteroatoms. The Morgan fingerprint density at radius 1 is 1.19 bits per heavy atom. The highest BCUT2D eigenvalue weighted by atomic mass is 32.2. The summed E-state index contributed by atoms with van der Waals surface area (Å²) in [6.45, 7) is 4.36. The maximum Gasteiger partial charge on any atom is 0.266 e. The second kappa shape index (κ2) is 5.83. The molecule has 0 amide bonds. The van der Waals surface area contributed by atoms with Gasteiger partial charge in [-0.1, -0.05) is 0 Å². The van der Waals surface area contributed by atoms with Crippen LogP contribution in [0, 0.1) is 24.7 Å². The summed E-state index contributed by atoms with van der Waals surface area (Å²) in [4.78, 5) is 0.216. The number of sulfonamides is 1. The Kier molecular flexibility index (Phi) is 3.73. The molecule has 2 heterocycles. The summed E-state index contributed by atoms with van der Waals surface area (Å²) in [5.74, 6) is 2.86. The van der Waals surface area contributed by atoms with Gasteiger partial charge in [0.15, 0.2) is 5.82 Å². The summed E-state index contributed by atoms with van der Waals surface area (Å²) in [5, 5.41) is 8.81. The highest BCUT2D eigenvalue weighted by molar-refractivity contribution is 7.92. The van der Waals surface area contributed by atoms with Crippen molar-refractivity contribution in [3.8, 4) is 0 Å². The van der Waals surface area contributed by atoms with E-state index < -0.39 is 10.0 Å². The van der Waals surface area contributed by atoms with Crippen LogP contribution in [0.5, 0.6) is 0 Å². The van der Waals surface area contributed by atoms with Crippen LogP contribution in [-0.2, 0) is 22.1 Å². The third-order valence-corrected chi connectivity index (χ3v) is 8.42. The van der Waals surface area contributed by atoms with E-state index in [9.17, 15) is 8.42 Å². The number of aryl methyl sites for hydroxylation is 1. The molecule has 4 bridgehead atoms. The molecule has 4 saturated carbocycles. The van der Waals surface area contributed by atoms with Crippen LogP contribution in [0.4, 0.5) is 5.82 Å². The molecule has 1 N–H and O–H groups in total. The summed E-state index contributed by atoms with van der Waals surface area (Å²) >= 11 is 0. The first-order chi connectivity index (χ1) is 12.9. The smallest absolute Gasteiger partial charge is 0.266 e. The molecule has 7 nitrogen and oxygen atoms in total. The molecule has 0 aliphatic heterocycles. The highest BCUT2D eigenvalue weighted by Crippen LogP contribution is 2.58. The van der Waals surface area contributed by atoms with Crippen molar-refractivity contribution in [2.45, 2.75) is 69.4 Å². The zero-order valence-electron chi connectivity index (χ0n) is 15.9.